The highest BCUT2D eigenvalue weighted by atomic mass is 32.1. The predicted octanol–water partition coefficient (Wildman–Crippen LogP) is -0.00336. The number of quaternary nitrogens is 2. The number of hydrogen-bond donors (Lipinski definition) is 4. The summed E-state index contributed by atoms with van der Waals surface area (Å²) >= 11 is 1.80. The van der Waals surface area contributed by atoms with Crippen molar-refractivity contribution in [1.82, 2.24) is 5.32 Å². The largest absolute Gasteiger partial charge is 0.326 e. The van der Waals surface area contributed by atoms with Crippen LogP contribution in [-0.4, -0.2) is 44.7 Å². The maximum Gasteiger partial charge on any atom is 0.326 e. The minimum absolute atomic E-state index is 0.228. The van der Waals surface area contributed by atoms with Crippen LogP contribution >= 0.6 is 11.3 Å². The number of carbonyl (C=O) groups excluding carboxylic acids is 2. The van der Waals surface area contributed by atoms with Gasteiger partial charge in [0.05, 0.1) is 4.88 Å². The molecule has 0 saturated carbocycles. The summed E-state index contributed by atoms with van der Waals surface area (Å²) in [6, 6.07) is 9.60. The number of carbonyl (C=O) groups is 2. The van der Waals surface area contributed by atoms with E-state index in [1.165, 1.54) is 9.78 Å². The highest BCUT2D eigenvalue weighted by Crippen LogP contribution is 2.15. The second kappa shape index (κ2) is 9.12. The number of anilines is 1. The van der Waals surface area contributed by atoms with Crippen molar-refractivity contribution in [2.75, 3.05) is 38.0 Å². The molecular formula is C20H28N4O2S+2. The Bertz CT molecular complexity index is 783. The zero-order valence-electron chi connectivity index (χ0n) is 15.9. The third kappa shape index (κ3) is 5.89. The van der Waals surface area contributed by atoms with Crippen LogP contribution in [0.15, 0.2) is 35.7 Å². The molecule has 0 unspecified atom stereocenters. The summed E-state index contributed by atoms with van der Waals surface area (Å²) in [7, 11) is 0. The number of hydrogen-bond acceptors (Lipinski definition) is 3. The van der Waals surface area contributed by atoms with Crippen molar-refractivity contribution in [3.8, 4) is 0 Å². The first-order valence-corrected chi connectivity index (χ1v) is 10.2. The van der Waals surface area contributed by atoms with Gasteiger partial charge >= 0.3 is 6.03 Å². The van der Waals surface area contributed by atoms with Gasteiger partial charge in [0, 0.05) is 5.69 Å². The summed E-state index contributed by atoms with van der Waals surface area (Å²) in [5, 5.41) is 7.32. The second-order valence-electron chi connectivity index (χ2n) is 7.25. The highest BCUT2D eigenvalue weighted by Gasteiger charge is 2.25. The lowest BCUT2D eigenvalue weighted by molar-refractivity contribution is -1.01. The third-order valence-electron chi connectivity index (χ3n) is 4.96. The molecule has 3 rings (SSSR count). The van der Waals surface area contributed by atoms with E-state index >= 15 is 0 Å². The highest BCUT2D eigenvalue weighted by molar-refractivity contribution is 7.09. The van der Waals surface area contributed by atoms with Crippen molar-refractivity contribution in [2.24, 2.45) is 0 Å². The van der Waals surface area contributed by atoms with Gasteiger partial charge in [-0.1, -0.05) is 23.8 Å². The number of thiophene rings is 1. The van der Waals surface area contributed by atoms with E-state index in [-0.39, 0.29) is 5.91 Å². The lowest BCUT2D eigenvalue weighted by atomic mass is 10.1. The van der Waals surface area contributed by atoms with Gasteiger partial charge in [-0.2, -0.15) is 0 Å². The molecule has 0 aliphatic carbocycles. The molecule has 0 radical (unpaired) electrons. The summed E-state index contributed by atoms with van der Waals surface area (Å²) in [4.78, 5) is 28.5. The van der Waals surface area contributed by atoms with E-state index in [0.717, 1.165) is 49.5 Å². The van der Waals surface area contributed by atoms with Crippen LogP contribution in [0.3, 0.4) is 0 Å². The summed E-state index contributed by atoms with van der Waals surface area (Å²) in [5.74, 6) is -0.228. The Morgan fingerprint density at radius 2 is 1.81 bits per heavy atom. The Balaban J connectivity index is 1.39. The Morgan fingerprint density at radius 1 is 1.07 bits per heavy atom. The number of nitrogens with one attached hydrogen (secondary N) is 4. The molecule has 4 N–H and O–H groups in total. The van der Waals surface area contributed by atoms with Crippen molar-refractivity contribution in [2.45, 2.75) is 20.4 Å². The van der Waals surface area contributed by atoms with E-state index in [0.29, 0.717) is 6.54 Å². The molecule has 7 heteroatoms. The fourth-order valence-electron chi connectivity index (χ4n) is 3.48. The molecule has 2 heterocycles. The molecule has 1 fully saturated rings. The Hall–Kier alpha value is -2.22. The fraction of sp³-hybridized carbons (Fsp3) is 0.400. The van der Waals surface area contributed by atoms with Gasteiger partial charge in [0.25, 0.3) is 5.91 Å². The first-order valence-electron chi connectivity index (χ1n) is 9.37. The monoisotopic (exact) mass is 388 g/mol. The molecule has 2 aromatic rings. The number of benzene rings is 1. The Morgan fingerprint density at radius 3 is 2.48 bits per heavy atom. The predicted molar refractivity (Wildman–Crippen MR) is 107 cm³/mol. The van der Waals surface area contributed by atoms with Gasteiger partial charge in [-0.3, -0.25) is 10.1 Å². The maximum atomic E-state index is 12.2. The Labute approximate surface area is 164 Å². The summed E-state index contributed by atoms with van der Waals surface area (Å²) in [6.45, 7) is 9.35. The zero-order valence-corrected chi connectivity index (χ0v) is 16.7. The van der Waals surface area contributed by atoms with Crippen molar-refractivity contribution in [3.05, 3.63) is 51.7 Å². The minimum Gasteiger partial charge on any atom is -0.321 e. The van der Waals surface area contributed by atoms with Crippen molar-refractivity contribution in [1.29, 1.82) is 0 Å². The Kier molecular flexibility index (Phi) is 6.60. The molecule has 6 nitrogen and oxygen atoms in total. The standard InChI is InChI=1S/C20H26N4O2S/c1-15-5-6-18(16(2)12-15)21-20(26)22-19(25)14-24-9-7-23(8-10-24)13-17-4-3-11-27-17/h3-6,11-12H,7-10,13-14H2,1-2H3,(H2,21,22,25,26)/p+2. The molecule has 1 saturated heterocycles. The number of imide groups is 1. The van der Waals surface area contributed by atoms with E-state index in [9.17, 15) is 9.59 Å². The molecule has 0 atom stereocenters. The van der Waals surface area contributed by atoms with Gasteiger partial charge in [-0.15, -0.1) is 11.3 Å². The summed E-state index contributed by atoms with van der Waals surface area (Å²) < 4.78 is 0. The van der Waals surface area contributed by atoms with Crippen molar-refractivity contribution in [3.63, 3.8) is 0 Å². The average Bonchev–Trinajstić information content (AvgIpc) is 3.12. The maximum absolute atomic E-state index is 12.2. The number of amides is 3. The van der Waals surface area contributed by atoms with Gasteiger partial charge in [0.15, 0.2) is 6.54 Å². The normalized spacial score (nSPS) is 19.5. The van der Waals surface area contributed by atoms with Crippen LogP contribution < -0.4 is 20.4 Å². The van der Waals surface area contributed by atoms with Crippen LogP contribution in [-0.2, 0) is 11.3 Å². The molecule has 1 aromatic heterocycles. The van der Waals surface area contributed by atoms with Crippen molar-refractivity contribution < 1.29 is 19.4 Å². The smallest absolute Gasteiger partial charge is 0.321 e. The first-order chi connectivity index (χ1) is 13.0. The minimum atomic E-state index is -0.465. The van der Waals surface area contributed by atoms with E-state index in [4.69, 9.17) is 0 Å². The zero-order chi connectivity index (χ0) is 19.2. The van der Waals surface area contributed by atoms with Gasteiger partial charge < -0.3 is 15.1 Å². The fourth-order valence-corrected chi connectivity index (χ4v) is 4.25. The molecule has 1 aromatic carbocycles. The lowest BCUT2D eigenvalue weighted by Gasteiger charge is -2.29. The first kappa shape index (κ1) is 19.5. The van der Waals surface area contributed by atoms with E-state index in [1.54, 1.807) is 16.2 Å². The summed E-state index contributed by atoms with van der Waals surface area (Å²) in [6.07, 6.45) is 0. The van der Waals surface area contributed by atoms with Gasteiger partial charge in [-0.25, -0.2) is 4.79 Å². The van der Waals surface area contributed by atoms with E-state index < -0.39 is 6.03 Å². The molecule has 1 aliphatic rings. The van der Waals surface area contributed by atoms with Gasteiger partial charge in [0.2, 0.25) is 0 Å². The summed E-state index contributed by atoms with van der Waals surface area (Å²) in [5.41, 5.74) is 2.84. The molecule has 1 aliphatic heterocycles. The number of rotatable bonds is 5. The SMILES string of the molecule is Cc1ccc(NC(=O)NC(=O)C[NH+]2CC[NH+](Cc3cccs3)CC2)c(C)c1. The van der Waals surface area contributed by atoms with Crippen LogP contribution in [0.1, 0.15) is 16.0 Å². The van der Waals surface area contributed by atoms with Crippen molar-refractivity contribution >= 4 is 29.0 Å². The van der Waals surface area contributed by atoms with Gasteiger partial charge in [-0.05, 0) is 36.9 Å². The lowest BCUT2D eigenvalue weighted by Crippen LogP contribution is -3.28. The topological polar surface area (TPSA) is 67.1 Å². The second-order valence-corrected chi connectivity index (χ2v) is 8.29. The number of aryl methyl sites for hydroxylation is 2. The van der Waals surface area contributed by atoms with Crippen LogP contribution in [0.2, 0.25) is 0 Å². The molecule has 3 amide bonds. The number of piperazine rings is 1. The molecule has 144 valence electrons. The molecule has 27 heavy (non-hydrogen) atoms. The van der Waals surface area contributed by atoms with Crippen LogP contribution in [0.4, 0.5) is 10.5 Å². The quantitative estimate of drug-likeness (QED) is 0.582. The van der Waals surface area contributed by atoms with E-state index in [2.05, 4.69) is 28.1 Å². The van der Waals surface area contributed by atoms with Gasteiger partial charge in [0.1, 0.15) is 32.7 Å². The van der Waals surface area contributed by atoms with Crippen LogP contribution in [0, 0.1) is 13.8 Å². The molecular weight excluding hydrogens is 360 g/mol. The number of urea groups is 1. The van der Waals surface area contributed by atoms with Crippen LogP contribution in [0.5, 0.6) is 0 Å². The van der Waals surface area contributed by atoms with E-state index in [1.807, 2.05) is 32.0 Å². The molecule has 0 spiro atoms. The van der Waals surface area contributed by atoms with Crippen LogP contribution in [0.25, 0.3) is 0 Å². The third-order valence-corrected chi connectivity index (χ3v) is 5.84. The molecule has 0 bridgehead atoms. The average molecular weight is 389 g/mol.